The van der Waals surface area contributed by atoms with Gasteiger partial charge in [-0.25, -0.2) is 0 Å². The van der Waals surface area contributed by atoms with Gasteiger partial charge >= 0.3 is 5.97 Å². The number of carbonyl (C=O) groups is 1. The van der Waals surface area contributed by atoms with E-state index >= 15 is 0 Å². The van der Waals surface area contributed by atoms with Crippen LogP contribution in [0.3, 0.4) is 0 Å². The third-order valence-corrected chi connectivity index (χ3v) is 4.02. The van der Waals surface area contributed by atoms with Gasteiger partial charge in [-0.05, 0) is 50.0 Å². The zero-order chi connectivity index (χ0) is 13.7. The Morgan fingerprint density at radius 3 is 2.42 bits per heavy atom. The topological polar surface area (TPSA) is 37.3 Å². The fourth-order valence-electron chi connectivity index (χ4n) is 2.84. The quantitative estimate of drug-likeness (QED) is 0.817. The summed E-state index contributed by atoms with van der Waals surface area (Å²) in [5, 5.41) is 8.60. The first-order valence-electron chi connectivity index (χ1n) is 7.10. The Morgan fingerprint density at radius 1 is 1.21 bits per heavy atom. The lowest BCUT2D eigenvalue weighted by Gasteiger charge is -2.27. The van der Waals surface area contributed by atoms with Crippen molar-refractivity contribution in [2.24, 2.45) is 5.92 Å². The van der Waals surface area contributed by atoms with E-state index in [-0.39, 0.29) is 6.42 Å². The van der Waals surface area contributed by atoms with E-state index in [2.05, 4.69) is 37.3 Å². The SMILES string of the molecule is Cc1ccc([C@H]2CC[C@H](C=CCC(=O)O)CC2)cc1. The summed E-state index contributed by atoms with van der Waals surface area (Å²) < 4.78 is 0. The molecule has 1 fully saturated rings. The highest BCUT2D eigenvalue weighted by Crippen LogP contribution is 2.36. The summed E-state index contributed by atoms with van der Waals surface area (Å²) in [6.07, 6.45) is 8.83. The summed E-state index contributed by atoms with van der Waals surface area (Å²) in [6.45, 7) is 2.12. The number of hydrogen-bond acceptors (Lipinski definition) is 1. The molecule has 1 aromatic rings. The van der Waals surface area contributed by atoms with Crippen molar-refractivity contribution in [2.75, 3.05) is 0 Å². The Hall–Kier alpha value is -1.57. The van der Waals surface area contributed by atoms with Crippen molar-refractivity contribution in [2.45, 2.75) is 44.9 Å². The number of hydrogen-bond donors (Lipinski definition) is 1. The number of aryl methyl sites for hydroxylation is 1. The van der Waals surface area contributed by atoms with Crippen LogP contribution in [-0.4, -0.2) is 11.1 Å². The molecular weight excluding hydrogens is 236 g/mol. The van der Waals surface area contributed by atoms with Gasteiger partial charge < -0.3 is 5.11 Å². The van der Waals surface area contributed by atoms with E-state index in [1.54, 1.807) is 6.08 Å². The number of benzene rings is 1. The molecule has 0 aromatic heterocycles. The van der Waals surface area contributed by atoms with E-state index in [1.807, 2.05) is 0 Å². The third-order valence-electron chi connectivity index (χ3n) is 4.02. The van der Waals surface area contributed by atoms with Crippen LogP contribution in [0.25, 0.3) is 0 Å². The fraction of sp³-hybridized carbons (Fsp3) is 0.471. The lowest BCUT2D eigenvalue weighted by molar-refractivity contribution is -0.136. The lowest BCUT2D eigenvalue weighted by atomic mass is 9.78. The van der Waals surface area contributed by atoms with Gasteiger partial charge in [0, 0.05) is 0 Å². The largest absolute Gasteiger partial charge is 0.481 e. The van der Waals surface area contributed by atoms with E-state index in [0.29, 0.717) is 11.8 Å². The highest BCUT2D eigenvalue weighted by Gasteiger charge is 2.20. The van der Waals surface area contributed by atoms with Crippen LogP contribution in [0.4, 0.5) is 0 Å². The summed E-state index contributed by atoms with van der Waals surface area (Å²) >= 11 is 0. The van der Waals surface area contributed by atoms with Gasteiger partial charge in [-0.2, -0.15) is 0 Å². The number of allylic oxidation sites excluding steroid dienone is 1. The number of carboxylic acid groups (broad SMARTS) is 1. The van der Waals surface area contributed by atoms with E-state index in [4.69, 9.17) is 5.11 Å². The van der Waals surface area contributed by atoms with Crippen LogP contribution in [0.5, 0.6) is 0 Å². The normalized spacial score (nSPS) is 23.6. The summed E-state index contributed by atoms with van der Waals surface area (Å²) in [5.41, 5.74) is 2.77. The molecule has 1 saturated carbocycles. The minimum Gasteiger partial charge on any atom is -0.481 e. The third kappa shape index (κ3) is 4.23. The molecule has 2 nitrogen and oxygen atoms in total. The summed E-state index contributed by atoms with van der Waals surface area (Å²) in [5.74, 6) is 0.510. The van der Waals surface area contributed by atoms with Crippen molar-refractivity contribution in [3.8, 4) is 0 Å². The van der Waals surface area contributed by atoms with Crippen molar-refractivity contribution in [1.82, 2.24) is 0 Å². The predicted molar refractivity (Wildman–Crippen MR) is 77.3 cm³/mol. The van der Waals surface area contributed by atoms with Crippen LogP contribution < -0.4 is 0 Å². The molecule has 0 radical (unpaired) electrons. The Morgan fingerprint density at radius 2 is 1.84 bits per heavy atom. The minimum atomic E-state index is -0.746. The maximum absolute atomic E-state index is 10.5. The van der Waals surface area contributed by atoms with Crippen LogP contribution in [0.15, 0.2) is 36.4 Å². The molecule has 2 rings (SSSR count). The van der Waals surface area contributed by atoms with Crippen LogP contribution in [-0.2, 0) is 4.79 Å². The zero-order valence-corrected chi connectivity index (χ0v) is 11.5. The van der Waals surface area contributed by atoms with Gasteiger partial charge in [-0.3, -0.25) is 4.79 Å². The monoisotopic (exact) mass is 258 g/mol. The number of rotatable bonds is 4. The molecular formula is C17H22O2. The molecule has 1 aromatic carbocycles. The molecule has 19 heavy (non-hydrogen) atoms. The first-order valence-corrected chi connectivity index (χ1v) is 7.10. The highest BCUT2D eigenvalue weighted by atomic mass is 16.4. The molecule has 2 heteroatoms. The Kier molecular flexibility index (Phi) is 4.78. The van der Waals surface area contributed by atoms with Gasteiger partial charge in [0.15, 0.2) is 0 Å². The van der Waals surface area contributed by atoms with Crippen molar-refractivity contribution in [1.29, 1.82) is 0 Å². The average molecular weight is 258 g/mol. The molecule has 0 spiro atoms. The maximum atomic E-state index is 10.5. The molecule has 1 aliphatic rings. The smallest absolute Gasteiger partial charge is 0.307 e. The van der Waals surface area contributed by atoms with Gasteiger partial charge in [-0.1, -0.05) is 42.0 Å². The Labute approximate surface area is 115 Å². The molecule has 0 amide bonds. The first-order chi connectivity index (χ1) is 9.15. The van der Waals surface area contributed by atoms with Gasteiger partial charge in [0.25, 0.3) is 0 Å². The second-order valence-electron chi connectivity index (χ2n) is 5.55. The predicted octanol–water partition coefficient (Wildman–Crippen LogP) is 4.30. The Bertz CT molecular complexity index is 437. The Balaban J connectivity index is 1.83. The molecule has 0 saturated heterocycles. The van der Waals surface area contributed by atoms with Crippen molar-refractivity contribution < 1.29 is 9.90 Å². The molecule has 0 atom stereocenters. The lowest BCUT2D eigenvalue weighted by Crippen LogP contribution is -2.11. The van der Waals surface area contributed by atoms with Gasteiger partial charge in [0.2, 0.25) is 0 Å². The highest BCUT2D eigenvalue weighted by molar-refractivity contribution is 5.68. The average Bonchev–Trinajstić information content (AvgIpc) is 2.40. The van der Waals surface area contributed by atoms with Gasteiger partial charge in [0.1, 0.15) is 0 Å². The second kappa shape index (κ2) is 6.55. The van der Waals surface area contributed by atoms with Crippen LogP contribution >= 0.6 is 0 Å². The standard InChI is InChI=1S/C17H22O2/c1-13-5-9-15(10-6-13)16-11-7-14(8-12-16)3-2-4-17(18)19/h2-3,5-6,9-10,14,16H,4,7-8,11-12H2,1H3,(H,18,19)/t14-,16-. The van der Waals surface area contributed by atoms with E-state index < -0.39 is 5.97 Å². The molecule has 0 aliphatic heterocycles. The minimum absolute atomic E-state index is 0.151. The molecule has 0 unspecified atom stereocenters. The van der Waals surface area contributed by atoms with E-state index in [1.165, 1.54) is 36.8 Å². The van der Waals surface area contributed by atoms with Gasteiger partial charge in [-0.15, -0.1) is 0 Å². The van der Waals surface area contributed by atoms with Gasteiger partial charge in [0.05, 0.1) is 6.42 Å². The molecule has 0 heterocycles. The molecule has 1 aliphatic carbocycles. The maximum Gasteiger partial charge on any atom is 0.307 e. The molecule has 0 bridgehead atoms. The van der Waals surface area contributed by atoms with Crippen LogP contribution in [0.1, 0.15) is 49.1 Å². The first kappa shape index (κ1) is 13.9. The van der Waals surface area contributed by atoms with Crippen molar-refractivity contribution in [3.05, 3.63) is 47.5 Å². The van der Waals surface area contributed by atoms with Crippen molar-refractivity contribution >= 4 is 5.97 Å². The second-order valence-corrected chi connectivity index (χ2v) is 5.55. The molecule has 102 valence electrons. The zero-order valence-electron chi connectivity index (χ0n) is 11.5. The van der Waals surface area contributed by atoms with Crippen LogP contribution in [0, 0.1) is 12.8 Å². The fourth-order valence-corrected chi connectivity index (χ4v) is 2.84. The number of aliphatic carboxylic acids is 1. The summed E-state index contributed by atoms with van der Waals surface area (Å²) in [7, 11) is 0. The van der Waals surface area contributed by atoms with Crippen LogP contribution in [0.2, 0.25) is 0 Å². The van der Waals surface area contributed by atoms with E-state index in [0.717, 1.165) is 0 Å². The molecule has 1 N–H and O–H groups in total. The summed E-state index contributed by atoms with van der Waals surface area (Å²) in [6, 6.07) is 8.88. The summed E-state index contributed by atoms with van der Waals surface area (Å²) in [4.78, 5) is 10.5. The van der Waals surface area contributed by atoms with Crippen molar-refractivity contribution in [3.63, 3.8) is 0 Å². The van der Waals surface area contributed by atoms with E-state index in [9.17, 15) is 4.79 Å². The number of carboxylic acids is 1.